The molecule has 0 aliphatic rings. The number of aryl methyl sites for hydroxylation is 1. The highest BCUT2D eigenvalue weighted by Crippen LogP contribution is 2.18. The second-order valence-corrected chi connectivity index (χ2v) is 4.08. The summed E-state index contributed by atoms with van der Waals surface area (Å²) >= 11 is 0. The maximum atomic E-state index is 13.1. The highest BCUT2D eigenvalue weighted by atomic mass is 19.2. The molecular weight excluding hydrogens is 238 g/mol. The average Bonchev–Trinajstić information content (AvgIpc) is 2.77. The molecule has 0 radical (unpaired) electrons. The Morgan fingerprint density at radius 2 is 2.11 bits per heavy atom. The van der Waals surface area contributed by atoms with E-state index in [4.69, 9.17) is 0 Å². The Morgan fingerprint density at radius 1 is 1.33 bits per heavy atom. The van der Waals surface area contributed by atoms with E-state index in [-0.39, 0.29) is 6.04 Å². The van der Waals surface area contributed by atoms with E-state index < -0.39 is 11.6 Å². The van der Waals surface area contributed by atoms with Crippen LogP contribution in [0.1, 0.15) is 17.3 Å². The van der Waals surface area contributed by atoms with E-state index in [2.05, 4.69) is 15.6 Å². The molecule has 0 aliphatic carbocycles. The van der Waals surface area contributed by atoms with Crippen LogP contribution >= 0.6 is 0 Å². The first kappa shape index (κ1) is 12.6. The van der Waals surface area contributed by atoms with Crippen molar-refractivity contribution in [2.75, 3.05) is 7.05 Å². The van der Waals surface area contributed by atoms with Crippen molar-refractivity contribution in [2.24, 2.45) is 7.05 Å². The number of likely N-dealkylation sites (N-methyl/N-ethyl adjacent to an activating group) is 1. The van der Waals surface area contributed by atoms with Crippen molar-refractivity contribution in [1.29, 1.82) is 0 Å². The van der Waals surface area contributed by atoms with Crippen LogP contribution in [0.2, 0.25) is 0 Å². The van der Waals surface area contributed by atoms with Gasteiger partial charge in [0, 0.05) is 7.05 Å². The topological polar surface area (TPSA) is 42.7 Å². The van der Waals surface area contributed by atoms with Crippen molar-refractivity contribution in [3.8, 4) is 0 Å². The number of nitrogens with one attached hydrogen (secondary N) is 1. The van der Waals surface area contributed by atoms with Crippen LogP contribution in [-0.2, 0) is 13.5 Å². The minimum Gasteiger partial charge on any atom is -0.311 e. The summed E-state index contributed by atoms with van der Waals surface area (Å²) < 4.78 is 27.6. The molecule has 2 aromatic rings. The standard InChI is InChI=1S/C12H14F2N4/c1-15-11(12-7-16-17-18(12)2)6-8-3-4-9(13)10(14)5-8/h3-5,7,11,15H,6H2,1-2H3. The van der Waals surface area contributed by atoms with Crippen LogP contribution < -0.4 is 5.32 Å². The van der Waals surface area contributed by atoms with Crippen LogP contribution in [0.3, 0.4) is 0 Å². The number of hydrogen-bond donors (Lipinski definition) is 1. The maximum Gasteiger partial charge on any atom is 0.159 e. The summed E-state index contributed by atoms with van der Waals surface area (Å²) in [4.78, 5) is 0. The molecule has 2 rings (SSSR count). The maximum absolute atomic E-state index is 13.1. The summed E-state index contributed by atoms with van der Waals surface area (Å²) in [6.45, 7) is 0. The molecule has 1 atom stereocenters. The fourth-order valence-electron chi connectivity index (χ4n) is 1.87. The molecular formula is C12H14F2N4. The summed E-state index contributed by atoms with van der Waals surface area (Å²) in [5.74, 6) is -1.66. The number of nitrogens with zero attached hydrogens (tertiary/aromatic N) is 3. The van der Waals surface area contributed by atoms with Gasteiger partial charge in [0.15, 0.2) is 11.6 Å². The van der Waals surface area contributed by atoms with Gasteiger partial charge in [-0.3, -0.25) is 4.68 Å². The molecule has 0 saturated heterocycles. The Kier molecular flexibility index (Phi) is 3.66. The zero-order chi connectivity index (χ0) is 13.1. The van der Waals surface area contributed by atoms with Crippen LogP contribution in [0, 0.1) is 11.6 Å². The van der Waals surface area contributed by atoms with Gasteiger partial charge in [0.05, 0.1) is 17.9 Å². The van der Waals surface area contributed by atoms with Crippen LogP contribution in [-0.4, -0.2) is 22.0 Å². The second-order valence-electron chi connectivity index (χ2n) is 4.08. The SMILES string of the molecule is CNC(Cc1ccc(F)c(F)c1)c1cnnn1C. The third kappa shape index (κ3) is 2.53. The van der Waals surface area contributed by atoms with E-state index in [9.17, 15) is 8.78 Å². The molecule has 96 valence electrons. The van der Waals surface area contributed by atoms with Crippen molar-refractivity contribution >= 4 is 0 Å². The Balaban J connectivity index is 2.20. The van der Waals surface area contributed by atoms with Crippen LogP contribution in [0.15, 0.2) is 24.4 Å². The van der Waals surface area contributed by atoms with Gasteiger partial charge in [-0.05, 0) is 31.2 Å². The zero-order valence-corrected chi connectivity index (χ0v) is 10.2. The van der Waals surface area contributed by atoms with E-state index in [0.29, 0.717) is 6.42 Å². The lowest BCUT2D eigenvalue weighted by Crippen LogP contribution is -2.21. The molecule has 1 heterocycles. The van der Waals surface area contributed by atoms with Gasteiger partial charge in [0.25, 0.3) is 0 Å². The molecule has 0 fully saturated rings. The molecule has 1 aromatic heterocycles. The molecule has 0 bridgehead atoms. The molecule has 1 unspecified atom stereocenters. The molecule has 18 heavy (non-hydrogen) atoms. The van der Waals surface area contributed by atoms with Gasteiger partial charge in [0.2, 0.25) is 0 Å². The summed E-state index contributed by atoms with van der Waals surface area (Å²) in [6, 6.07) is 3.88. The predicted octanol–water partition coefficient (Wildman–Crippen LogP) is 1.60. The molecule has 0 spiro atoms. The van der Waals surface area contributed by atoms with Crippen LogP contribution in [0.25, 0.3) is 0 Å². The van der Waals surface area contributed by atoms with E-state index in [0.717, 1.165) is 17.3 Å². The van der Waals surface area contributed by atoms with Gasteiger partial charge in [0.1, 0.15) is 0 Å². The average molecular weight is 252 g/mol. The number of aromatic nitrogens is 3. The van der Waals surface area contributed by atoms with Gasteiger partial charge in [-0.1, -0.05) is 11.3 Å². The van der Waals surface area contributed by atoms with E-state index in [1.165, 1.54) is 6.07 Å². The smallest absolute Gasteiger partial charge is 0.159 e. The lowest BCUT2D eigenvalue weighted by Gasteiger charge is -2.15. The van der Waals surface area contributed by atoms with Gasteiger partial charge >= 0.3 is 0 Å². The minimum atomic E-state index is -0.832. The summed E-state index contributed by atoms with van der Waals surface area (Å²) in [7, 11) is 3.59. The summed E-state index contributed by atoms with van der Waals surface area (Å²) in [5.41, 5.74) is 1.61. The van der Waals surface area contributed by atoms with E-state index >= 15 is 0 Å². The van der Waals surface area contributed by atoms with Gasteiger partial charge in [-0.15, -0.1) is 5.10 Å². The lowest BCUT2D eigenvalue weighted by atomic mass is 10.0. The normalized spacial score (nSPS) is 12.7. The highest BCUT2D eigenvalue weighted by Gasteiger charge is 2.15. The van der Waals surface area contributed by atoms with Crippen molar-refractivity contribution in [1.82, 2.24) is 20.3 Å². The van der Waals surface area contributed by atoms with Crippen molar-refractivity contribution < 1.29 is 8.78 Å². The third-order valence-electron chi connectivity index (χ3n) is 2.88. The fourth-order valence-corrected chi connectivity index (χ4v) is 1.87. The van der Waals surface area contributed by atoms with Crippen molar-refractivity contribution in [2.45, 2.75) is 12.5 Å². The first-order chi connectivity index (χ1) is 8.61. The van der Waals surface area contributed by atoms with Crippen LogP contribution in [0.4, 0.5) is 8.78 Å². The van der Waals surface area contributed by atoms with Crippen molar-refractivity contribution in [3.05, 3.63) is 47.3 Å². The Labute approximate surface area is 104 Å². The van der Waals surface area contributed by atoms with Gasteiger partial charge < -0.3 is 5.32 Å². The fraction of sp³-hybridized carbons (Fsp3) is 0.333. The number of halogens is 2. The summed E-state index contributed by atoms with van der Waals surface area (Å²) in [6.07, 6.45) is 2.19. The van der Waals surface area contributed by atoms with Crippen LogP contribution in [0.5, 0.6) is 0 Å². The molecule has 1 N–H and O–H groups in total. The number of hydrogen-bond acceptors (Lipinski definition) is 3. The summed E-state index contributed by atoms with van der Waals surface area (Å²) in [5, 5.41) is 10.8. The minimum absolute atomic E-state index is 0.0464. The zero-order valence-electron chi connectivity index (χ0n) is 10.2. The largest absolute Gasteiger partial charge is 0.311 e. The highest BCUT2D eigenvalue weighted by molar-refractivity contribution is 5.20. The number of rotatable bonds is 4. The monoisotopic (exact) mass is 252 g/mol. The second kappa shape index (κ2) is 5.22. The Hall–Kier alpha value is -1.82. The molecule has 4 nitrogen and oxygen atoms in total. The first-order valence-electron chi connectivity index (χ1n) is 5.57. The number of benzene rings is 1. The van der Waals surface area contributed by atoms with E-state index in [1.54, 1.807) is 31.0 Å². The predicted molar refractivity (Wildman–Crippen MR) is 62.9 cm³/mol. The third-order valence-corrected chi connectivity index (χ3v) is 2.88. The van der Waals surface area contributed by atoms with Gasteiger partial charge in [-0.2, -0.15) is 0 Å². The van der Waals surface area contributed by atoms with Gasteiger partial charge in [-0.25, -0.2) is 8.78 Å². The Morgan fingerprint density at radius 3 is 2.67 bits per heavy atom. The lowest BCUT2D eigenvalue weighted by molar-refractivity contribution is 0.501. The van der Waals surface area contributed by atoms with Crippen molar-refractivity contribution in [3.63, 3.8) is 0 Å². The molecule has 1 aromatic carbocycles. The molecule has 6 heteroatoms. The first-order valence-corrected chi connectivity index (χ1v) is 5.57. The quantitative estimate of drug-likeness (QED) is 0.898. The Bertz CT molecular complexity index is 539. The van der Waals surface area contributed by atoms with E-state index in [1.807, 2.05) is 0 Å². The molecule has 0 saturated carbocycles. The molecule has 0 amide bonds. The molecule has 0 aliphatic heterocycles.